The van der Waals surface area contributed by atoms with E-state index in [0.29, 0.717) is 0 Å². The second-order valence-electron chi connectivity index (χ2n) is 16.2. The minimum Gasteiger partial charge on any atom is -0.454 e. The van der Waals surface area contributed by atoms with Crippen molar-refractivity contribution in [1.29, 1.82) is 0 Å². The van der Waals surface area contributed by atoms with E-state index < -0.39 is 0 Å². The third-order valence-electron chi connectivity index (χ3n) is 12.2. The highest BCUT2D eigenvalue weighted by atomic mass is 32.1. The van der Waals surface area contributed by atoms with Crippen molar-refractivity contribution in [2.45, 2.75) is 0 Å². The summed E-state index contributed by atoms with van der Waals surface area (Å²) in [6.07, 6.45) is 0. The fourth-order valence-electron chi connectivity index (χ4n) is 9.18. The van der Waals surface area contributed by atoms with Crippen LogP contribution in [0.5, 0.6) is 0 Å². The first-order valence-electron chi connectivity index (χ1n) is 21.9. The fourth-order valence-corrected chi connectivity index (χ4v) is 10.3. The summed E-state index contributed by atoms with van der Waals surface area (Å²) < 4.78 is 9.64. The van der Waals surface area contributed by atoms with E-state index in [-0.39, 0.29) is 0 Å². The van der Waals surface area contributed by atoms with Gasteiger partial charge in [0.25, 0.3) is 0 Å². The maximum absolute atomic E-state index is 7.08. The Morgan fingerprint density at radius 2 is 0.708 bits per heavy atom. The average Bonchev–Trinajstić information content (AvgIpc) is 3.94. The van der Waals surface area contributed by atoms with Gasteiger partial charge in [-0.15, -0.1) is 11.3 Å². The number of rotatable bonds is 10. The monoisotopic (exact) mass is 851 g/mol. The molecule has 4 nitrogen and oxygen atoms in total. The largest absolute Gasteiger partial charge is 0.454 e. The van der Waals surface area contributed by atoms with Crippen LogP contribution in [0, 0.1) is 0 Å². The number of benzene rings is 10. The van der Waals surface area contributed by atoms with Crippen LogP contribution in [-0.4, -0.2) is 0 Å². The molecule has 12 aromatic rings. The van der Waals surface area contributed by atoms with Gasteiger partial charge < -0.3 is 19.1 Å². The van der Waals surface area contributed by atoms with Gasteiger partial charge in [-0.05, 0) is 126 Å². The first-order valence-corrected chi connectivity index (χ1v) is 22.7. The molecule has 308 valence electrons. The Morgan fingerprint density at radius 1 is 0.277 bits per heavy atom. The predicted octanol–water partition coefficient (Wildman–Crippen LogP) is 18.0. The summed E-state index contributed by atoms with van der Waals surface area (Å²) >= 11 is 1.84. The van der Waals surface area contributed by atoms with Crippen molar-refractivity contribution >= 4 is 105 Å². The highest BCUT2D eigenvalue weighted by molar-refractivity contribution is 7.25. The van der Waals surface area contributed by atoms with Crippen LogP contribution in [0.25, 0.3) is 53.2 Å². The van der Waals surface area contributed by atoms with E-state index in [1.165, 1.54) is 31.3 Å². The minimum absolute atomic E-state index is 0.805. The second-order valence-corrected chi connectivity index (χ2v) is 17.2. The summed E-state index contributed by atoms with van der Waals surface area (Å²) in [6, 6.07) is 88.6. The van der Waals surface area contributed by atoms with Crippen LogP contribution in [0.2, 0.25) is 0 Å². The van der Waals surface area contributed by atoms with Gasteiger partial charge in [-0.2, -0.15) is 0 Å². The Morgan fingerprint density at radius 3 is 1.32 bits per heavy atom. The fraction of sp³-hybridized carbons (Fsp3) is 0. The molecule has 0 fully saturated rings. The molecule has 5 heteroatoms. The molecule has 0 atom stereocenters. The van der Waals surface area contributed by atoms with Gasteiger partial charge in [-0.3, -0.25) is 0 Å². The van der Waals surface area contributed by atoms with E-state index in [1.807, 2.05) is 11.3 Å². The van der Waals surface area contributed by atoms with Crippen LogP contribution in [0.15, 0.2) is 253 Å². The lowest BCUT2D eigenvalue weighted by Crippen LogP contribution is -2.13. The lowest BCUT2D eigenvalue weighted by Gasteiger charge is -2.29. The lowest BCUT2D eigenvalue weighted by molar-refractivity contribution is 0.669. The molecule has 2 heterocycles. The van der Waals surface area contributed by atoms with Crippen molar-refractivity contribution in [3.05, 3.63) is 249 Å². The molecule has 0 saturated heterocycles. The van der Waals surface area contributed by atoms with E-state index in [0.717, 1.165) is 73.1 Å². The predicted molar refractivity (Wildman–Crippen MR) is 276 cm³/mol. The molecule has 10 aromatic carbocycles. The van der Waals surface area contributed by atoms with Crippen molar-refractivity contribution in [1.82, 2.24) is 0 Å². The molecule has 0 unspecified atom stereocenters. The van der Waals surface area contributed by atoms with Gasteiger partial charge in [-0.25, -0.2) is 0 Å². The number of thiophene rings is 1. The van der Waals surface area contributed by atoms with E-state index in [2.05, 4.69) is 263 Å². The number of hydrogen-bond acceptors (Lipinski definition) is 5. The summed E-state index contributed by atoms with van der Waals surface area (Å²) in [5.74, 6) is 0. The van der Waals surface area contributed by atoms with E-state index >= 15 is 0 Å². The zero-order valence-electron chi connectivity index (χ0n) is 35.3. The van der Waals surface area contributed by atoms with Crippen LogP contribution in [0.3, 0.4) is 0 Å². The zero-order valence-corrected chi connectivity index (χ0v) is 36.1. The lowest BCUT2D eigenvalue weighted by atomic mass is 10.0. The average molecular weight is 852 g/mol. The highest BCUT2D eigenvalue weighted by Gasteiger charge is 2.25. The molecular weight excluding hydrogens is 811 g/mol. The van der Waals surface area contributed by atoms with Crippen molar-refractivity contribution < 1.29 is 4.42 Å². The number of anilines is 9. The first kappa shape index (κ1) is 38.3. The first-order chi connectivity index (χ1) is 32.2. The van der Waals surface area contributed by atoms with Gasteiger partial charge in [0.05, 0.1) is 5.69 Å². The van der Waals surface area contributed by atoms with Crippen molar-refractivity contribution in [2.24, 2.45) is 0 Å². The molecule has 0 radical (unpaired) electrons. The van der Waals surface area contributed by atoms with Crippen molar-refractivity contribution in [3.8, 4) is 11.1 Å². The molecule has 65 heavy (non-hydrogen) atoms. The number of fused-ring (bicyclic) bond motifs is 6. The summed E-state index contributed by atoms with van der Waals surface area (Å²) in [4.78, 5) is 7.02. The number of furan rings is 1. The number of para-hydroxylation sites is 4. The summed E-state index contributed by atoms with van der Waals surface area (Å²) in [7, 11) is 0. The standard InChI is InChI=1S/C60H41N3OS/c1-6-18-42(19-7-1)43-30-32-48(33-31-43)62(50-35-37-59-54(39-50)52-28-16-17-29-58(52)65-59)49-34-36-57-53(38-49)55-40-51(61(44-20-8-2-9-21-44)45-22-10-3-11-23-45)41-56(60(55)64-57)63(46-24-12-4-13-25-46)47-26-14-5-15-27-47/h1-41H. The quantitative estimate of drug-likeness (QED) is 0.137. The Labute approximate surface area is 381 Å². The number of hydrogen-bond donors (Lipinski definition) is 0. The smallest absolute Gasteiger partial charge is 0.159 e. The topological polar surface area (TPSA) is 22.9 Å². The van der Waals surface area contributed by atoms with E-state index in [9.17, 15) is 0 Å². The molecule has 0 spiro atoms. The summed E-state index contributed by atoms with van der Waals surface area (Å²) in [5.41, 5.74) is 13.3. The molecule has 0 N–H and O–H groups in total. The van der Waals surface area contributed by atoms with E-state index in [1.54, 1.807) is 0 Å². The highest BCUT2D eigenvalue weighted by Crippen LogP contribution is 2.49. The molecule has 0 aliphatic rings. The molecular formula is C60H41N3OS. The Bertz CT molecular complexity index is 3510. The van der Waals surface area contributed by atoms with Crippen LogP contribution in [-0.2, 0) is 0 Å². The normalized spacial score (nSPS) is 11.4. The maximum Gasteiger partial charge on any atom is 0.159 e. The molecule has 12 rings (SSSR count). The molecule has 0 aliphatic heterocycles. The van der Waals surface area contributed by atoms with Crippen LogP contribution >= 0.6 is 11.3 Å². The molecule has 0 amide bonds. The maximum atomic E-state index is 7.08. The molecule has 0 saturated carbocycles. The van der Waals surface area contributed by atoms with E-state index in [4.69, 9.17) is 4.42 Å². The molecule has 0 aliphatic carbocycles. The van der Waals surface area contributed by atoms with Gasteiger partial charge in [-0.1, -0.05) is 133 Å². The van der Waals surface area contributed by atoms with Crippen LogP contribution in [0.1, 0.15) is 0 Å². The van der Waals surface area contributed by atoms with Crippen LogP contribution < -0.4 is 14.7 Å². The van der Waals surface area contributed by atoms with Gasteiger partial charge >= 0.3 is 0 Å². The molecule has 0 bridgehead atoms. The van der Waals surface area contributed by atoms with Crippen molar-refractivity contribution in [3.63, 3.8) is 0 Å². The Hall–Kier alpha value is -8.38. The Kier molecular flexibility index (Phi) is 9.66. The van der Waals surface area contributed by atoms with Gasteiger partial charge in [0.1, 0.15) is 5.58 Å². The van der Waals surface area contributed by atoms with Gasteiger partial charge in [0, 0.05) is 76.4 Å². The van der Waals surface area contributed by atoms with Gasteiger partial charge in [0.2, 0.25) is 0 Å². The minimum atomic E-state index is 0.805. The molecule has 2 aromatic heterocycles. The summed E-state index contributed by atoms with van der Waals surface area (Å²) in [6.45, 7) is 0. The van der Waals surface area contributed by atoms with Crippen molar-refractivity contribution in [2.75, 3.05) is 14.7 Å². The summed E-state index contributed by atoms with van der Waals surface area (Å²) in [5, 5.41) is 4.56. The van der Waals surface area contributed by atoms with Crippen LogP contribution in [0.4, 0.5) is 51.2 Å². The third kappa shape index (κ3) is 7.05. The third-order valence-corrected chi connectivity index (χ3v) is 13.3. The SMILES string of the molecule is c1ccc(-c2ccc(N(c3ccc4oc5c(N(c6ccccc6)c6ccccc6)cc(N(c6ccccc6)c6ccccc6)cc5c4c3)c3ccc4sc5ccccc5c4c3)cc2)cc1. The number of nitrogens with zero attached hydrogens (tertiary/aromatic N) is 3. The Balaban J connectivity index is 1.11. The van der Waals surface area contributed by atoms with Gasteiger partial charge in [0.15, 0.2) is 5.58 Å². The second kappa shape index (κ2) is 16.4. The zero-order chi connectivity index (χ0) is 43.1.